The van der Waals surface area contributed by atoms with E-state index in [0.29, 0.717) is 12.0 Å². The van der Waals surface area contributed by atoms with Gasteiger partial charge in [-0.15, -0.1) is 11.3 Å². The molecule has 0 radical (unpaired) electrons. The van der Waals surface area contributed by atoms with Crippen molar-refractivity contribution in [2.75, 3.05) is 25.5 Å². The number of benzene rings is 1. The van der Waals surface area contributed by atoms with Gasteiger partial charge in [0.05, 0.1) is 5.01 Å². The van der Waals surface area contributed by atoms with Gasteiger partial charge in [-0.1, -0.05) is 19.1 Å². The van der Waals surface area contributed by atoms with E-state index in [1.807, 2.05) is 11.6 Å². The second-order valence-electron chi connectivity index (χ2n) is 5.39. The molecule has 1 aromatic carbocycles. The monoisotopic (exact) mass is 289 g/mol. The summed E-state index contributed by atoms with van der Waals surface area (Å²) in [5, 5.41) is 6.83. The van der Waals surface area contributed by atoms with Crippen LogP contribution in [0, 0.1) is 0 Å². The Bertz CT molecular complexity index is 505. The molecular formula is C16H23N3S. The van der Waals surface area contributed by atoms with E-state index in [4.69, 9.17) is 0 Å². The molecule has 0 aliphatic heterocycles. The van der Waals surface area contributed by atoms with Crippen molar-refractivity contribution in [2.24, 2.45) is 0 Å². The fraction of sp³-hybridized carbons (Fsp3) is 0.438. The fourth-order valence-electron chi connectivity index (χ4n) is 2.10. The molecule has 2 aromatic rings. The third-order valence-corrected chi connectivity index (χ3v) is 4.52. The Labute approximate surface area is 125 Å². The molecule has 0 spiro atoms. The maximum atomic E-state index is 4.37. The number of rotatable bonds is 6. The normalized spacial score (nSPS) is 14.0. The maximum Gasteiger partial charge on any atom is 0.0965 e. The summed E-state index contributed by atoms with van der Waals surface area (Å²) in [4.78, 5) is 6.49. The van der Waals surface area contributed by atoms with Gasteiger partial charge in [0.15, 0.2) is 0 Å². The molecule has 2 rings (SSSR count). The molecular weight excluding hydrogens is 266 g/mol. The van der Waals surface area contributed by atoms with E-state index in [1.165, 1.54) is 16.3 Å². The molecule has 20 heavy (non-hydrogen) atoms. The van der Waals surface area contributed by atoms with Gasteiger partial charge in [-0.2, -0.15) is 0 Å². The van der Waals surface area contributed by atoms with E-state index in [0.717, 1.165) is 6.54 Å². The van der Waals surface area contributed by atoms with E-state index < -0.39 is 0 Å². The largest absolute Gasteiger partial charge is 0.378 e. The first kappa shape index (κ1) is 15.0. The van der Waals surface area contributed by atoms with Crippen molar-refractivity contribution in [3.63, 3.8) is 0 Å². The summed E-state index contributed by atoms with van der Waals surface area (Å²) in [7, 11) is 4.12. The van der Waals surface area contributed by atoms with Crippen LogP contribution >= 0.6 is 11.3 Å². The highest BCUT2D eigenvalue weighted by molar-refractivity contribution is 7.09. The maximum absolute atomic E-state index is 4.37. The van der Waals surface area contributed by atoms with Gasteiger partial charge in [0, 0.05) is 49.9 Å². The molecule has 1 aromatic heterocycles. The highest BCUT2D eigenvalue weighted by Crippen LogP contribution is 2.20. The Morgan fingerprint density at radius 2 is 1.90 bits per heavy atom. The molecule has 2 unspecified atom stereocenters. The molecule has 108 valence electrons. The topological polar surface area (TPSA) is 28.2 Å². The van der Waals surface area contributed by atoms with Crippen LogP contribution in [-0.4, -0.2) is 25.6 Å². The smallest absolute Gasteiger partial charge is 0.0965 e. The number of aromatic nitrogens is 1. The number of anilines is 1. The first-order valence-corrected chi connectivity index (χ1v) is 7.86. The van der Waals surface area contributed by atoms with E-state index >= 15 is 0 Å². The van der Waals surface area contributed by atoms with Gasteiger partial charge < -0.3 is 10.2 Å². The first-order chi connectivity index (χ1) is 9.58. The zero-order chi connectivity index (χ0) is 14.5. The predicted octanol–water partition coefficient (Wildman–Crippen LogP) is 3.66. The van der Waals surface area contributed by atoms with E-state index in [1.54, 1.807) is 11.3 Å². The quantitative estimate of drug-likeness (QED) is 0.879. The molecule has 1 heterocycles. The molecule has 0 saturated carbocycles. The van der Waals surface area contributed by atoms with Crippen molar-refractivity contribution in [3.8, 4) is 0 Å². The van der Waals surface area contributed by atoms with Crippen LogP contribution in [-0.2, 0) is 0 Å². The predicted molar refractivity (Wildman–Crippen MR) is 87.7 cm³/mol. The van der Waals surface area contributed by atoms with Crippen molar-refractivity contribution in [2.45, 2.75) is 25.8 Å². The van der Waals surface area contributed by atoms with Crippen molar-refractivity contribution in [3.05, 3.63) is 46.4 Å². The molecule has 0 fully saturated rings. The summed E-state index contributed by atoms with van der Waals surface area (Å²) in [6.45, 7) is 5.37. The fourth-order valence-corrected chi connectivity index (χ4v) is 2.80. The second kappa shape index (κ2) is 6.86. The van der Waals surface area contributed by atoms with Crippen LogP contribution in [0.25, 0.3) is 0 Å². The summed E-state index contributed by atoms with van der Waals surface area (Å²) in [5.74, 6) is 0.457. The Morgan fingerprint density at radius 3 is 2.45 bits per heavy atom. The third-order valence-electron chi connectivity index (χ3n) is 3.51. The summed E-state index contributed by atoms with van der Waals surface area (Å²) in [6, 6.07) is 9.08. The Kier molecular flexibility index (Phi) is 5.15. The molecule has 4 heteroatoms. The van der Waals surface area contributed by atoms with Gasteiger partial charge >= 0.3 is 0 Å². The lowest BCUT2D eigenvalue weighted by atomic mass is 10.1. The Morgan fingerprint density at radius 1 is 1.20 bits per heavy atom. The van der Waals surface area contributed by atoms with Crippen LogP contribution in [0.5, 0.6) is 0 Å². The highest BCUT2D eigenvalue weighted by Gasteiger charge is 2.11. The zero-order valence-electron chi connectivity index (χ0n) is 12.6. The SMILES string of the molecule is CC(CNC(C)c1ccc(N(C)C)cc1)c1nccs1. The summed E-state index contributed by atoms with van der Waals surface area (Å²) < 4.78 is 0. The van der Waals surface area contributed by atoms with Crippen molar-refractivity contribution in [1.29, 1.82) is 0 Å². The Balaban J connectivity index is 1.89. The first-order valence-electron chi connectivity index (χ1n) is 6.98. The van der Waals surface area contributed by atoms with Gasteiger partial charge in [0.2, 0.25) is 0 Å². The van der Waals surface area contributed by atoms with E-state index in [2.05, 4.69) is 67.4 Å². The molecule has 0 saturated heterocycles. The van der Waals surface area contributed by atoms with Crippen LogP contribution < -0.4 is 10.2 Å². The summed E-state index contributed by atoms with van der Waals surface area (Å²) in [5.41, 5.74) is 2.55. The van der Waals surface area contributed by atoms with E-state index in [-0.39, 0.29) is 0 Å². The van der Waals surface area contributed by atoms with Gasteiger partial charge in [-0.05, 0) is 24.6 Å². The van der Waals surface area contributed by atoms with Crippen molar-refractivity contribution in [1.82, 2.24) is 10.3 Å². The van der Waals surface area contributed by atoms with Crippen LogP contribution in [0.4, 0.5) is 5.69 Å². The average Bonchev–Trinajstić information content (AvgIpc) is 2.98. The number of hydrogen-bond acceptors (Lipinski definition) is 4. The zero-order valence-corrected chi connectivity index (χ0v) is 13.4. The van der Waals surface area contributed by atoms with Gasteiger partial charge in [0.1, 0.15) is 0 Å². The minimum absolute atomic E-state index is 0.355. The summed E-state index contributed by atoms with van der Waals surface area (Å²) >= 11 is 1.73. The van der Waals surface area contributed by atoms with Crippen molar-refractivity contribution < 1.29 is 0 Å². The lowest BCUT2D eigenvalue weighted by Crippen LogP contribution is -2.23. The van der Waals surface area contributed by atoms with Crippen LogP contribution in [0.2, 0.25) is 0 Å². The van der Waals surface area contributed by atoms with E-state index in [9.17, 15) is 0 Å². The number of thiazole rings is 1. The Hall–Kier alpha value is -1.39. The second-order valence-corrected chi connectivity index (χ2v) is 6.31. The third kappa shape index (κ3) is 3.81. The molecule has 2 atom stereocenters. The number of nitrogens with one attached hydrogen (secondary N) is 1. The van der Waals surface area contributed by atoms with Crippen LogP contribution in [0.1, 0.15) is 36.4 Å². The molecule has 0 bridgehead atoms. The highest BCUT2D eigenvalue weighted by atomic mass is 32.1. The molecule has 0 aliphatic carbocycles. The molecule has 3 nitrogen and oxygen atoms in total. The standard InChI is InChI=1S/C16H23N3S/c1-12(16-17-9-10-20-16)11-18-13(2)14-5-7-15(8-6-14)19(3)4/h5-10,12-13,18H,11H2,1-4H3. The lowest BCUT2D eigenvalue weighted by Gasteiger charge is -2.18. The van der Waals surface area contributed by atoms with Gasteiger partial charge in [-0.3, -0.25) is 0 Å². The summed E-state index contributed by atoms with van der Waals surface area (Å²) in [6.07, 6.45) is 1.87. The minimum atomic E-state index is 0.355. The van der Waals surface area contributed by atoms with Crippen LogP contribution in [0.3, 0.4) is 0 Å². The van der Waals surface area contributed by atoms with Crippen molar-refractivity contribution >= 4 is 17.0 Å². The molecule has 1 N–H and O–H groups in total. The number of nitrogens with zero attached hydrogens (tertiary/aromatic N) is 2. The van der Waals surface area contributed by atoms with Gasteiger partial charge in [0.25, 0.3) is 0 Å². The average molecular weight is 289 g/mol. The lowest BCUT2D eigenvalue weighted by molar-refractivity contribution is 0.536. The molecule has 0 aliphatic rings. The molecule has 0 amide bonds. The van der Waals surface area contributed by atoms with Gasteiger partial charge in [-0.25, -0.2) is 4.98 Å². The minimum Gasteiger partial charge on any atom is -0.378 e. The van der Waals surface area contributed by atoms with Crippen LogP contribution in [0.15, 0.2) is 35.8 Å². The number of hydrogen-bond donors (Lipinski definition) is 1.